The van der Waals surface area contributed by atoms with E-state index in [9.17, 15) is 24.0 Å². The summed E-state index contributed by atoms with van der Waals surface area (Å²) >= 11 is 4.33. The molecule has 1 fully saturated rings. The minimum atomic E-state index is -0.807. The first-order valence-electron chi connectivity index (χ1n) is 19.9. The van der Waals surface area contributed by atoms with Gasteiger partial charge in [0, 0.05) is 30.1 Å². The molecule has 2 aromatic carbocycles. The number of carbonyl (C=O) groups is 6. The van der Waals surface area contributed by atoms with E-state index >= 15 is 0 Å². The quantitative estimate of drug-likeness (QED) is 0.0382. The van der Waals surface area contributed by atoms with E-state index in [4.69, 9.17) is 39.3 Å². The van der Waals surface area contributed by atoms with Crippen molar-refractivity contribution in [2.45, 2.75) is 66.3 Å². The third-order valence-corrected chi connectivity index (χ3v) is 8.92. The number of anilines is 2. The molecule has 20 heteroatoms. The molecule has 1 aliphatic rings. The second kappa shape index (κ2) is 39.4. The topological polar surface area (TPSA) is 243 Å². The Labute approximate surface area is 376 Å². The van der Waals surface area contributed by atoms with Crippen LogP contribution >= 0.6 is 23.8 Å². The number of thiol groups is 1. The highest BCUT2D eigenvalue weighted by molar-refractivity contribution is 8.03. The molecule has 4 rings (SSSR count). The zero-order valence-electron chi connectivity index (χ0n) is 35.4. The number of thiophene rings is 1. The van der Waals surface area contributed by atoms with Crippen molar-refractivity contribution in [3.8, 4) is 0 Å². The number of carboxylic acids is 1. The fraction of sp³-hybridized carbons (Fsp3) is 0.524. The van der Waals surface area contributed by atoms with Crippen LogP contribution in [0.25, 0.3) is 10.1 Å². The van der Waals surface area contributed by atoms with Crippen LogP contribution in [0.4, 0.5) is 11.4 Å². The normalized spacial score (nSPS) is 12.6. The minimum absolute atomic E-state index is 0. The van der Waals surface area contributed by atoms with Gasteiger partial charge in [0.15, 0.2) is 7.12 Å². The maximum Gasteiger partial charge on any atom is 0.305 e. The first-order valence-corrected chi connectivity index (χ1v) is 21.2. The van der Waals surface area contributed by atoms with Gasteiger partial charge in [-0.3, -0.25) is 24.0 Å². The lowest BCUT2D eigenvalue weighted by molar-refractivity contribution is -0.138. The fourth-order valence-corrected chi connectivity index (χ4v) is 6.00. The Balaban J connectivity index is 0. The Hall–Kier alpha value is -4.41. The zero-order valence-corrected chi connectivity index (χ0v) is 37.1. The molecule has 62 heavy (non-hydrogen) atoms. The summed E-state index contributed by atoms with van der Waals surface area (Å²) in [5, 5.41) is 20.2. The Morgan fingerprint density at radius 1 is 0.839 bits per heavy atom. The summed E-state index contributed by atoms with van der Waals surface area (Å²) in [6.07, 6.45) is 2.54. The smallest absolute Gasteiger partial charge is 0.305 e. The summed E-state index contributed by atoms with van der Waals surface area (Å²) in [5.41, 5.74) is 6.56. The molecule has 2 heterocycles. The lowest BCUT2D eigenvalue weighted by atomic mass is 10.1. The molecular formula is C42H66BN5O12S2. The Bertz CT molecular complexity index is 1690. The summed E-state index contributed by atoms with van der Waals surface area (Å²) in [7, 11) is 4.19. The van der Waals surface area contributed by atoms with E-state index in [1.165, 1.54) is 11.3 Å². The molecule has 0 spiro atoms. The molecule has 346 valence electrons. The molecule has 3 aromatic rings. The van der Waals surface area contributed by atoms with Crippen LogP contribution in [0.2, 0.25) is 0 Å². The van der Waals surface area contributed by atoms with E-state index in [0.29, 0.717) is 95.2 Å². The van der Waals surface area contributed by atoms with Crippen LogP contribution in [0.1, 0.15) is 80.3 Å². The molecule has 0 saturated carbocycles. The molecule has 7 N–H and O–H groups in total. The lowest BCUT2D eigenvalue weighted by Crippen LogP contribution is -2.45. The lowest BCUT2D eigenvalue weighted by Gasteiger charge is -2.17. The number of ether oxygens (including phenoxy) is 5. The van der Waals surface area contributed by atoms with E-state index in [-0.39, 0.29) is 50.2 Å². The number of carboxylic acid groups (broad SMARTS) is 1. The van der Waals surface area contributed by atoms with Crippen LogP contribution in [-0.2, 0) is 42.9 Å². The van der Waals surface area contributed by atoms with E-state index < -0.39 is 17.9 Å². The van der Waals surface area contributed by atoms with Gasteiger partial charge in [-0.2, -0.15) is 0 Å². The molecule has 1 aliphatic heterocycles. The summed E-state index contributed by atoms with van der Waals surface area (Å²) in [6, 6.07) is 13.2. The number of hydrogen-bond donors (Lipinski definition) is 7. The van der Waals surface area contributed by atoms with E-state index in [1.807, 2.05) is 33.6 Å². The van der Waals surface area contributed by atoms with Gasteiger partial charge in [0.25, 0.3) is 11.8 Å². The Morgan fingerprint density at radius 3 is 2.05 bits per heavy atom. The highest BCUT2D eigenvalue weighted by Gasteiger charge is 2.24. The monoisotopic (exact) mass is 907 g/mol. The zero-order chi connectivity index (χ0) is 45.7. The molecule has 0 aliphatic carbocycles. The highest BCUT2D eigenvalue weighted by atomic mass is 32.1. The largest absolute Gasteiger partial charge is 0.481 e. The van der Waals surface area contributed by atoms with E-state index in [0.717, 1.165) is 22.9 Å². The number of nitrogens with two attached hydrogens (primary N) is 1. The van der Waals surface area contributed by atoms with Crippen molar-refractivity contribution in [3.63, 3.8) is 0 Å². The van der Waals surface area contributed by atoms with Crippen molar-refractivity contribution in [1.29, 1.82) is 0 Å². The molecule has 1 saturated heterocycles. The van der Waals surface area contributed by atoms with Crippen LogP contribution in [0.5, 0.6) is 0 Å². The van der Waals surface area contributed by atoms with E-state index in [2.05, 4.69) is 40.9 Å². The Kier molecular flexibility index (Phi) is 38.0. The fourth-order valence-electron chi connectivity index (χ4n) is 5.06. The first-order chi connectivity index (χ1) is 29.7. The van der Waals surface area contributed by atoms with Gasteiger partial charge in [-0.05, 0) is 68.0 Å². The molecule has 17 nitrogen and oxygen atoms in total. The van der Waals surface area contributed by atoms with Crippen molar-refractivity contribution in [2.75, 3.05) is 89.8 Å². The molecule has 2 radical (unpaired) electrons. The summed E-state index contributed by atoms with van der Waals surface area (Å²) in [6.45, 7) is 13.3. The second-order valence-electron chi connectivity index (χ2n) is 12.1. The number of para-hydroxylation sites is 1. The van der Waals surface area contributed by atoms with Crippen molar-refractivity contribution in [3.05, 3.63) is 59.0 Å². The third kappa shape index (κ3) is 26.2. The van der Waals surface area contributed by atoms with Crippen LogP contribution in [0.15, 0.2) is 48.5 Å². The minimum Gasteiger partial charge on any atom is -0.481 e. The van der Waals surface area contributed by atoms with Gasteiger partial charge in [0.2, 0.25) is 11.8 Å². The van der Waals surface area contributed by atoms with Crippen molar-refractivity contribution in [2.24, 2.45) is 5.73 Å². The molecule has 0 bridgehead atoms. The van der Waals surface area contributed by atoms with Crippen LogP contribution in [0, 0.1) is 0 Å². The van der Waals surface area contributed by atoms with Crippen molar-refractivity contribution >= 4 is 88.8 Å². The number of benzene rings is 2. The number of carbonyl (C=O) groups excluding carboxylic acids is 5. The van der Waals surface area contributed by atoms with E-state index in [1.54, 1.807) is 42.5 Å². The molecule has 1 unspecified atom stereocenters. The summed E-state index contributed by atoms with van der Waals surface area (Å²) in [4.78, 5) is 69.3. The standard InChI is InChI=1S/C33H43N5O8S.C5H10O3.C2H6.CH2O.CH4.BHS/c34-11-14-44-16-18-46-20-19-45-17-15-43-13-10-30(39)36-24-8-9-28-23(21-24)22-29(47-28)33(42)37-26-6-2-1-5-25(26)31(40)38-27-7-3-4-12-35-32(27)41;1-2-8-4-3-5(6)7;2*1-2;;1-2/h1-2,5-6,8-9,21-22,27H,3-4,7,10-20,34H2,(H,35,41)(H,36,39)(H,37,42)(H,38,40);2-4H2,1H3,(H,6,7);1-2H3;1H2;1H4;2H. The number of rotatable bonds is 23. The predicted molar refractivity (Wildman–Crippen MR) is 249 cm³/mol. The number of amides is 4. The van der Waals surface area contributed by atoms with Gasteiger partial charge in [0.1, 0.15) is 12.8 Å². The predicted octanol–water partition coefficient (Wildman–Crippen LogP) is 4.88. The number of fused-ring (bicyclic) bond motifs is 1. The van der Waals surface area contributed by atoms with Gasteiger partial charge in [-0.25, -0.2) is 12.5 Å². The van der Waals surface area contributed by atoms with Gasteiger partial charge in [-0.1, -0.05) is 33.4 Å². The second-order valence-corrected chi connectivity index (χ2v) is 13.1. The average molecular weight is 908 g/mol. The third-order valence-electron chi connectivity index (χ3n) is 7.80. The van der Waals surface area contributed by atoms with Crippen LogP contribution < -0.4 is 27.0 Å². The van der Waals surface area contributed by atoms with Gasteiger partial charge < -0.3 is 60.6 Å². The van der Waals surface area contributed by atoms with Crippen LogP contribution in [0.3, 0.4) is 0 Å². The van der Waals surface area contributed by atoms with Crippen LogP contribution in [-0.4, -0.2) is 134 Å². The SMILES string of the molecule is C.C=O.CC.CCOCCC(=O)O.NCCOCCOCCOCCOCCC(=O)Nc1ccc2sc(C(=O)Nc3ccccc3C(=O)NC3CCCCNC3=O)cc2c1.[B]S. The van der Waals surface area contributed by atoms with Gasteiger partial charge in [0.05, 0.1) is 88.4 Å². The van der Waals surface area contributed by atoms with Crippen molar-refractivity contribution < 1.29 is 57.6 Å². The molecule has 4 amide bonds. The molecular weight excluding hydrogens is 841 g/mol. The number of nitrogens with one attached hydrogen (secondary N) is 4. The summed E-state index contributed by atoms with van der Waals surface area (Å²) in [5.74, 6) is -2.00. The van der Waals surface area contributed by atoms with Gasteiger partial charge >= 0.3 is 5.97 Å². The average Bonchev–Trinajstić information content (AvgIpc) is 3.60. The molecule has 1 aromatic heterocycles. The molecule has 1 atom stereocenters. The Morgan fingerprint density at radius 2 is 1.44 bits per heavy atom. The highest BCUT2D eigenvalue weighted by Crippen LogP contribution is 2.29. The number of hydrogen-bond acceptors (Lipinski definition) is 14. The maximum absolute atomic E-state index is 13.2. The first kappa shape index (κ1) is 59.7. The summed E-state index contributed by atoms with van der Waals surface area (Å²) < 4.78 is 27.1. The van der Waals surface area contributed by atoms with Crippen molar-refractivity contribution in [1.82, 2.24) is 10.6 Å². The number of aliphatic carboxylic acids is 1. The van der Waals surface area contributed by atoms with Gasteiger partial charge in [-0.15, -0.1) is 11.3 Å². The maximum atomic E-state index is 13.2.